The lowest BCUT2D eigenvalue weighted by atomic mass is 10.1. The molecule has 0 aromatic heterocycles. The molecule has 1 aliphatic rings. The molecule has 0 unspecified atom stereocenters. The molecule has 0 aromatic carbocycles. The van der Waals surface area contributed by atoms with Crippen molar-refractivity contribution in [3.05, 3.63) is 0 Å². The van der Waals surface area contributed by atoms with E-state index < -0.39 is 0 Å². The first kappa shape index (κ1) is 8.06. The third kappa shape index (κ3) is 1.72. The van der Waals surface area contributed by atoms with Crippen LogP contribution in [0.3, 0.4) is 0 Å². The molecule has 0 amide bonds. The predicted octanol–water partition coefficient (Wildman–Crippen LogP) is 2.34. The average molecular weight is 142 g/mol. The predicted molar refractivity (Wildman–Crippen MR) is 42.9 cm³/mol. The van der Waals surface area contributed by atoms with Crippen LogP contribution in [-0.4, -0.2) is 10.7 Å². The van der Waals surface area contributed by atoms with Crippen molar-refractivity contribution < 1.29 is 5.11 Å². The van der Waals surface area contributed by atoms with Gasteiger partial charge >= 0.3 is 0 Å². The summed E-state index contributed by atoms with van der Waals surface area (Å²) in [7, 11) is 0. The zero-order chi connectivity index (χ0) is 7.61. The van der Waals surface area contributed by atoms with Gasteiger partial charge in [0.15, 0.2) is 0 Å². The van der Waals surface area contributed by atoms with Gasteiger partial charge in [-0.25, -0.2) is 0 Å². The fourth-order valence-corrected chi connectivity index (χ4v) is 1.50. The highest BCUT2D eigenvalue weighted by Crippen LogP contribution is 2.46. The van der Waals surface area contributed by atoms with Crippen LogP contribution >= 0.6 is 0 Å². The van der Waals surface area contributed by atoms with Crippen LogP contribution in [0.2, 0.25) is 0 Å². The second kappa shape index (κ2) is 2.91. The lowest BCUT2D eigenvalue weighted by Crippen LogP contribution is -2.08. The van der Waals surface area contributed by atoms with Crippen LogP contribution in [0.4, 0.5) is 0 Å². The average Bonchev–Trinajstić information content (AvgIpc) is 2.42. The van der Waals surface area contributed by atoms with Crippen LogP contribution in [0.15, 0.2) is 0 Å². The van der Waals surface area contributed by atoms with Crippen molar-refractivity contribution in [3.63, 3.8) is 0 Å². The molecule has 10 heavy (non-hydrogen) atoms. The fourth-order valence-electron chi connectivity index (χ4n) is 1.50. The first-order valence-electron chi connectivity index (χ1n) is 4.41. The van der Waals surface area contributed by atoms with E-state index >= 15 is 0 Å². The highest BCUT2D eigenvalue weighted by molar-refractivity contribution is 5.00. The minimum absolute atomic E-state index is 0.241. The van der Waals surface area contributed by atoms with E-state index in [1.54, 1.807) is 0 Å². The third-order valence-corrected chi connectivity index (χ3v) is 2.63. The number of rotatable bonds is 4. The maximum Gasteiger partial charge on any atom is 0.0677 e. The van der Waals surface area contributed by atoms with Crippen molar-refractivity contribution in [1.82, 2.24) is 0 Å². The Kier molecular flexibility index (Phi) is 2.35. The highest BCUT2D eigenvalue weighted by atomic mass is 16.3. The van der Waals surface area contributed by atoms with E-state index in [4.69, 9.17) is 0 Å². The number of aliphatic hydroxyl groups is 1. The Morgan fingerprint density at radius 2 is 2.10 bits per heavy atom. The second-order valence-corrected chi connectivity index (χ2v) is 3.67. The highest BCUT2D eigenvalue weighted by Gasteiger charge is 2.48. The topological polar surface area (TPSA) is 20.2 Å². The van der Waals surface area contributed by atoms with E-state index in [1.807, 2.05) is 0 Å². The molecule has 60 valence electrons. The van der Waals surface area contributed by atoms with Gasteiger partial charge in [0.1, 0.15) is 0 Å². The van der Waals surface area contributed by atoms with Gasteiger partial charge in [-0.15, -0.1) is 0 Å². The molecule has 0 bridgehead atoms. The Bertz CT molecular complexity index is 111. The Morgan fingerprint density at radius 3 is 2.50 bits per heavy atom. The number of hydrogen-bond donors (Lipinski definition) is 1. The summed E-state index contributed by atoms with van der Waals surface area (Å²) in [4.78, 5) is 0. The van der Waals surface area contributed by atoms with Crippen LogP contribution < -0.4 is 0 Å². The molecule has 1 nitrogen and oxygen atoms in total. The van der Waals surface area contributed by atoms with Crippen LogP contribution in [0, 0.1) is 5.92 Å². The van der Waals surface area contributed by atoms with E-state index in [9.17, 15) is 5.11 Å². The summed E-state index contributed by atoms with van der Waals surface area (Å²) in [6, 6.07) is 0. The summed E-state index contributed by atoms with van der Waals surface area (Å²) in [6.07, 6.45) is 5.80. The molecule has 1 aliphatic carbocycles. The maximum absolute atomic E-state index is 9.62. The van der Waals surface area contributed by atoms with E-state index in [1.165, 1.54) is 19.3 Å². The van der Waals surface area contributed by atoms with Crippen LogP contribution in [-0.2, 0) is 0 Å². The summed E-state index contributed by atoms with van der Waals surface area (Å²) in [5.41, 5.74) is -0.241. The Hall–Kier alpha value is -0.0400. The van der Waals surface area contributed by atoms with Crippen LogP contribution in [0.1, 0.15) is 46.0 Å². The van der Waals surface area contributed by atoms with E-state index in [-0.39, 0.29) is 5.60 Å². The van der Waals surface area contributed by atoms with Gasteiger partial charge in [-0.2, -0.15) is 0 Å². The van der Waals surface area contributed by atoms with Crippen LogP contribution in [0.25, 0.3) is 0 Å². The Morgan fingerprint density at radius 1 is 1.50 bits per heavy atom. The van der Waals surface area contributed by atoms with E-state index in [0.29, 0.717) is 5.92 Å². The zero-order valence-electron chi connectivity index (χ0n) is 7.06. The van der Waals surface area contributed by atoms with Gasteiger partial charge in [-0.1, -0.05) is 33.1 Å². The molecule has 0 heterocycles. The zero-order valence-corrected chi connectivity index (χ0v) is 7.06. The normalized spacial score (nSPS) is 38.1. The Balaban J connectivity index is 2.03. The van der Waals surface area contributed by atoms with Gasteiger partial charge in [0, 0.05) is 0 Å². The van der Waals surface area contributed by atoms with Gasteiger partial charge < -0.3 is 5.11 Å². The molecule has 1 heteroatoms. The van der Waals surface area contributed by atoms with Gasteiger partial charge in [0.25, 0.3) is 0 Å². The van der Waals surface area contributed by atoms with Crippen molar-refractivity contribution in [2.24, 2.45) is 5.92 Å². The number of hydrogen-bond acceptors (Lipinski definition) is 1. The lowest BCUT2D eigenvalue weighted by Gasteiger charge is -2.06. The smallest absolute Gasteiger partial charge is 0.0677 e. The van der Waals surface area contributed by atoms with E-state index in [2.05, 4.69) is 13.8 Å². The summed E-state index contributed by atoms with van der Waals surface area (Å²) >= 11 is 0. The molecular formula is C9H18O. The molecule has 1 fully saturated rings. The third-order valence-electron chi connectivity index (χ3n) is 2.63. The largest absolute Gasteiger partial charge is 0.390 e. The molecule has 2 atom stereocenters. The molecule has 0 radical (unpaired) electrons. The molecule has 0 spiro atoms. The molecule has 1 N–H and O–H groups in total. The van der Waals surface area contributed by atoms with E-state index in [0.717, 1.165) is 12.8 Å². The first-order chi connectivity index (χ1) is 4.69. The van der Waals surface area contributed by atoms with Gasteiger partial charge in [0.05, 0.1) is 5.60 Å². The summed E-state index contributed by atoms with van der Waals surface area (Å²) in [5, 5.41) is 9.62. The second-order valence-electron chi connectivity index (χ2n) is 3.67. The summed E-state index contributed by atoms with van der Waals surface area (Å²) < 4.78 is 0. The lowest BCUT2D eigenvalue weighted by molar-refractivity contribution is 0.121. The minimum atomic E-state index is -0.241. The van der Waals surface area contributed by atoms with Gasteiger partial charge in [-0.05, 0) is 18.8 Å². The molecule has 0 aliphatic heterocycles. The first-order valence-corrected chi connectivity index (χ1v) is 4.41. The fraction of sp³-hybridized carbons (Fsp3) is 1.00. The molecular weight excluding hydrogens is 124 g/mol. The van der Waals surface area contributed by atoms with Gasteiger partial charge in [0.2, 0.25) is 0 Å². The molecule has 0 saturated heterocycles. The van der Waals surface area contributed by atoms with Crippen LogP contribution in [0.5, 0.6) is 0 Å². The van der Waals surface area contributed by atoms with Gasteiger partial charge in [-0.3, -0.25) is 0 Å². The van der Waals surface area contributed by atoms with Crippen molar-refractivity contribution in [2.45, 2.75) is 51.6 Å². The summed E-state index contributed by atoms with van der Waals surface area (Å²) in [5.74, 6) is 0.573. The quantitative estimate of drug-likeness (QED) is 0.597. The standard InChI is InChI=1S/C9H18O/c1-3-4-5-6-9(10)7-8(9)2/h8,10H,3-7H2,1-2H3/t8-,9+/m0/s1. The maximum atomic E-state index is 9.62. The SMILES string of the molecule is CCCCC[C@@]1(O)C[C@@H]1C. The summed E-state index contributed by atoms with van der Waals surface area (Å²) in [6.45, 7) is 4.33. The van der Waals surface area contributed by atoms with Crippen molar-refractivity contribution in [3.8, 4) is 0 Å². The molecule has 0 aromatic rings. The minimum Gasteiger partial charge on any atom is -0.390 e. The molecule has 1 rings (SSSR count). The Labute approximate surface area is 63.4 Å². The van der Waals surface area contributed by atoms with Crippen molar-refractivity contribution in [1.29, 1.82) is 0 Å². The van der Waals surface area contributed by atoms with Crippen molar-refractivity contribution in [2.75, 3.05) is 0 Å². The molecule has 1 saturated carbocycles. The monoisotopic (exact) mass is 142 g/mol. The van der Waals surface area contributed by atoms with Crippen molar-refractivity contribution >= 4 is 0 Å². The number of unbranched alkanes of at least 4 members (excludes halogenated alkanes) is 2.